The van der Waals surface area contributed by atoms with Gasteiger partial charge in [-0.1, -0.05) is 49.4 Å². The first-order chi connectivity index (χ1) is 11.6. The Kier molecular flexibility index (Phi) is 6.61. The first-order valence-corrected chi connectivity index (χ1v) is 8.29. The predicted molar refractivity (Wildman–Crippen MR) is 96.9 cm³/mol. The van der Waals surface area contributed by atoms with Gasteiger partial charge in [0.15, 0.2) is 0 Å². The topological polar surface area (TPSA) is 70.2 Å². The Morgan fingerprint density at radius 2 is 1.67 bits per heavy atom. The molecule has 0 unspecified atom stereocenters. The minimum absolute atomic E-state index is 0.0964. The van der Waals surface area contributed by atoms with E-state index in [0.717, 1.165) is 6.42 Å². The van der Waals surface area contributed by atoms with Gasteiger partial charge in [0.05, 0.1) is 0 Å². The van der Waals surface area contributed by atoms with Crippen LogP contribution in [0.4, 0.5) is 4.79 Å². The second-order valence-corrected chi connectivity index (χ2v) is 6.07. The normalized spacial score (nSPS) is 11.8. The molecule has 0 bridgehead atoms. The number of nitrogens with one attached hydrogen (secondary N) is 3. The third-order valence-corrected chi connectivity index (χ3v) is 3.84. The smallest absolute Gasteiger partial charge is 0.314 e. The minimum Gasteiger partial charge on any atom is -0.355 e. The van der Waals surface area contributed by atoms with Gasteiger partial charge in [0.1, 0.15) is 0 Å². The number of hydrogen-bond donors (Lipinski definition) is 3. The van der Waals surface area contributed by atoms with Crippen molar-refractivity contribution in [3.8, 4) is 0 Å². The summed E-state index contributed by atoms with van der Waals surface area (Å²) in [6.45, 7) is 5.04. The molecule has 0 spiro atoms. The summed E-state index contributed by atoms with van der Waals surface area (Å²) in [6, 6.07) is 14.5. The summed E-state index contributed by atoms with van der Waals surface area (Å²) in [7, 11) is 0. The largest absolute Gasteiger partial charge is 0.355 e. The zero-order valence-electron chi connectivity index (χ0n) is 14.3. The lowest BCUT2D eigenvalue weighted by atomic mass is 9.96. The molecule has 0 heterocycles. The van der Waals surface area contributed by atoms with Crippen molar-refractivity contribution in [2.24, 2.45) is 5.92 Å². The first kappa shape index (κ1) is 17.8. The van der Waals surface area contributed by atoms with Crippen LogP contribution in [0.3, 0.4) is 0 Å². The van der Waals surface area contributed by atoms with E-state index in [9.17, 15) is 9.59 Å². The lowest BCUT2D eigenvalue weighted by Crippen LogP contribution is -2.41. The van der Waals surface area contributed by atoms with Crippen molar-refractivity contribution in [2.45, 2.75) is 20.3 Å². The molecule has 0 aromatic heterocycles. The fraction of sp³-hybridized carbons (Fsp3) is 0.368. The van der Waals surface area contributed by atoms with Crippen LogP contribution in [0.2, 0.25) is 0 Å². The molecular formula is C19H25N3O2. The molecule has 1 atom stereocenters. The Labute approximate surface area is 142 Å². The van der Waals surface area contributed by atoms with E-state index >= 15 is 0 Å². The minimum atomic E-state index is -0.204. The number of fused-ring (bicyclic) bond motifs is 1. The summed E-state index contributed by atoms with van der Waals surface area (Å²) in [5, 5.41) is 10.7. The second-order valence-electron chi connectivity index (χ2n) is 6.07. The van der Waals surface area contributed by atoms with Crippen LogP contribution in [-0.4, -0.2) is 31.6 Å². The molecule has 0 saturated carbocycles. The van der Waals surface area contributed by atoms with E-state index in [-0.39, 0.29) is 11.9 Å². The van der Waals surface area contributed by atoms with Crippen LogP contribution in [0.25, 0.3) is 10.8 Å². The molecule has 0 fully saturated rings. The average molecular weight is 327 g/mol. The fourth-order valence-corrected chi connectivity index (χ4v) is 2.66. The molecular weight excluding hydrogens is 302 g/mol. The molecule has 0 aliphatic heterocycles. The molecule has 5 heteroatoms. The van der Waals surface area contributed by atoms with Crippen molar-refractivity contribution >= 4 is 22.7 Å². The van der Waals surface area contributed by atoms with Gasteiger partial charge in [-0.15, -0.1) is 0 Å². The Morgan fingerprint density at radius 1 is 0.958 bits per heavy atom. The van der Waals surface area contributed by atoms with Gasteiger partial charge < -0.3 is 16.0 Å². The van der Waals surface area contributed by atoms with Crippen molar-refractivity contribution in [3.63, 3.8) is 0 Å². The second kappa shape index (κ2) is 8.91. The summed E-state index contributed by atoms with van der Waals surface area (Å²) in [4.78, 5) is 22.5. The quantitative estimate of drug-likeness (QED) is 0.684. The maximum atomic E-state index is 11.7. The van der Waals surface area contributed by atoms with Crippen molar-refractivity contribution < 1.29 is 9.59 Å². The van der Waals surface area contributed by atoms with E-state index in [1.807, 2.05) is 6.07 Å². The Balaban J connectivity index is 1.77. The highest BCUT2D eigenvalue weighted by molar-refractivity contribution is 5.85. The van der Waals surface area contributed by atoms with Gasteiger partial charge in [0.25, 0.3) is 0 Å². The molecule has 0 aliphatic carbocycles. The number of rotatable bonds is 7. The van der Waals surface area contributed by atoms with Crippen molar-refractivity contribution in [2.75, 3.05) is 19.6 Å². The maximum absolute atomic E-state index is 11.7. The summed E-state index contributed by atoms with van der Waals surface area (Å²) < 4.78 is 0. The molecule has 3 amide bonds. The third-order valence-electron chi connectivity index (χ3n) is 3.84. The van der Waals surface area contributed by atoms with Gasteiger partial charge in [-0.05, 0) is 28.7 Å². The van der Waals surface area contributed by atoms with E-state index in [0.29, 0.717) is 25.6 Å². The van der Waals surface area contributed by atoms with Crippen molar-refractivity contribution in [3.05, 3.63) is 48.0 Å². The lowest BCUT2D eigenvalue weighted by molar-refractivity contribution is -0.118. The summed E-state index contributed by atoms with van der Waals surface area (Å²) in [6.07, 6.45) is 0.910. The number of benzene rings is 2. The average Bonchev–Trinajstić information content (AvgIpc) is 2.57. The number of hydrogen-bond acceptors (Lipinski definition) is 2. The number of carbonyl (C=O) groups excluding carboxylic acids is 2. The number of amides is 3. The summed E-state index contributed by atoms with van der Waals surface area (Å²) >= 11 is 0. The van der Waals surface area contributed by atoms with Crippen molar-refractivity contribution in [1.29, 1.82) is 0 Å². The van der Waals surface area contributed by atoms with Gasteiger partial charge in [0, 0.05) is 26.6 Å². The fourth-order valence-electron chi connectivity index (χ4n) is 2.66. The van der Waals surface area contributed by atoms with Gasteiger partial charge in [0.2, 0.25) is 5.91 Å². The molecule has 2 aromatic rings. The van der Waals surface area contributed by atoms with Crippen LogP contribution in [-0.2, 0) is 11.2 Å². The van der Waals surface area contributed by atoms with Gasteiger partial charge in [-0.3, -0.25) is 4.79 Å². The number of carbonyl (C=O) groups is 2. The molecule has 3 N–H and O–H groups in total. The molecule has 0 aliphatic rings. The van der Waals surface area contributed by atoms with Crippen molar-refractivity contribution in [1.82, 2.24) is 16.0 Å². The number of urea groups is 1. The van der Waals surface area contributed by atoms with Crippen LogP contribution < -0.4 is 16.0 Å². The highest BCUT2D eigenvalue weighted by atomic mass is 16.2. The van der Waals surface area contributed by atoms with E-state index in [2.05, 4.69) is 59.3 Å². The van der Waals surface area contributed by atoms with E-state index in [4.69, 9.17) is 0 Å². The highest BCUT2D eigenvalue weighted by Gasteiger charge is 2.08. The van der Waals surface area contributed by atoms with Crippen LogP contribution in [0.1, 0.15) is 19.4 Å². The standard InChI is InChI=1S/C19H25N3O2/c1-14(13-22-19(24)21-11-10-20-15(2)23)12-17-8-5-7-16-6-3-4-9-18(16)17/h3-9,14H,10-13H2,1-2H3,(H,20,23)(H2,21,22,24)/t14-/m0/s1. The summed E-state index contributed by atoms with van der Waals surface area (Å²) in [5.41, 5.74) is 1.30. The third kappa shape index (κ3) is 5.57. The van der Waals surface area contributed by atoms with Crippen LogP contribution in [0.15, 0.2) is 42.5 Å². The Hall–Kier alpha value is -2.56. The predicted octanol–water partition coefficient (Wildman–Crippen LogP) is 2.45. The molecule has 128 valence electrons. The van der Waals surface area contributed by atoms with Gasteiger partial charge in [-0.2, -0.15) is 0 Å². The molecule has 0 radical (unpaired) electrons. The Morgan fingerprint density at radius 3 is 2.46 bits per heavy atom. The van der Waals surface area contributed by atoms with Gasteiger partial charge >= 0.3 is 6.03 Å². The molecule has 2 aromatic carbocycles. The monoisotopic (exact) mass is 327 g/mol. The molecule has 24 heavy (non-hydrogen) atoms. The molecule has 2 rings (SSSR count). The van der Waals surface area contributed by atoms with E-state index in [1.165, 1.54) is 23.3 Å². The Bertz CT molecular complexity index is 695. The summed E-state index contributed by atoms with van der Waals surface area (Å²) in [5.74, 6) is 0.234. The van der Waals surface area contributed by atoms with Gasteiger partial charge in [-0.25, -0.2) is 4.79 Å². The van der Waals surface area contributed by atoms with E-state index < -0.39 is 0 Å². The zero-order chi connectivity index (χ0) is 17.4. The van der Waals surface area contributed by atoms with Crippen LogP contribution in [0, 0.1) is 5.92 Å². The molecule has 0 saturated heterocycles. The first-order valence-electron chi connectivity index (χ1n) is 8.29. The molecule has 5 nitrogen and oxygen atoms in total. The van der Waals surface area contributed by atoms with Crippen LogP contribution in [0.5, 0.6) is 0 Å². The van der Waals surface area contributed by atoms with E-state index in [1.54, 1.807) is 0 Å². The van der Waals surface area contributed by atoms with Crippen LogP contribution >= 0.6 is 0 Å². The maximum Gasteiger partial charge on any atom is 0.314 e. The zero-order valence-corrected chi connectivity index (χ0v) is 14.3. The SMILES string of the molecule is CC(=O)NCCNC(=O)NC[C@@H](C)Cc1cccc2ccccc12. The lowest BCUT2D eigenvalue weighted by Gasteiger charge is -2.15. The highest BCUT2D eigenvalue weighted by Crippen LogP contribution is 2.20.